The van der Waals surface area contributed by atoms with Crippen LogP contribution >= 0.6 is 11.8 Å². The summed E-state index contributed by atoms with van der Waals surface area (Å²) in [4.78, 5) is 39.1. The number of amides is 2. The Hall–Kier alpha value is -3.64. The van der Waals surface area contributed by atoms with Gasteiger partial charge >= 0.3 is 6.09 Å². The van der Waals surface area contributed by atoms with Gasteiger partial charge in [0.15, 0.2) is 10.9 Å². The van der Waals surface area contributed by atoms with Gasteiger partial charge in [-0.1, -0.05) is 31.7 Å². The van der Waals surface area contributed by atoms with Crippen molar-refractivity contribution in [2.24, 2.45) is 0 Å². The number of anilines is 2. The zero-order valence-electron chi connectivity index (χ0n) is 27.5. The van der Waals surface area contributed by atoms with Gasteiger partial charge in [0.25, 0.3) is 5.91 Å². The minimum atomic E-state index is -0.592. The molecule has 3 aliphatic rings. The minimum absolute atomic E-state index is 0.103. The van der Waals surface area contributed by atoms with Crippen molar-refractivity contribution < 1.29 is 19.1 Å². The molecule has 0 radical (unpaired) electrons. The van der Waals surface area contributed by atoms with Crippen molar-refractivity contribution in [3.8, 4) is 0 Å². The molecule has 2 amide bonds. The molecule has 0 saturated heterocycles. The van der Waals surface area contributed by atoms with Gasteiger partial charge in [0.05, 0.1) is 24.5 Å². The third-order valence-electron chi connectivity index (χ3n) is 8.73. The van der Waals surface area contributed by atoms with Crippen LogP contribution in [0.4, 0.5) is 16.3 Å². The van der Waals surface area contributed by atoms with Crippen molar-refractivity contribution in [2.45, 2.75) is 95.4 Å². The van der Waals surface area contributed by atoms with Gasteiger partial charge < -0.3 is 19.3 Å². The topological polar surface area (TPSA) is 115 Å². The van der Waals surface area contributed by atoms with Gasteiger partial charge in [-0.3, -0.25) is 14.8 Å². The van der Waals surface area contributed by atoms with Gasteiger partial charge in [-0.15, -0.1) is 0 Å². The molecule has 11 nitrogen and oxygen atoms in total. The van der Waals surface area contributed by atoms with Gasteiger partial charge in [0.1, 0.15) is 17.0 Å². The van der Waals surface area contributed by atoms with E-state index in [1.807, 2.05) is 49.9 Å². The van der Waals surface area contributed by atoms with E-state index in [0.29, 0.717) is 31.0 Å². The molecule has 0 bridgehead atoms. The number of aryl methyl sites for hydroxylation is 1. The first kappa shape index (κ1) is 31.3. The van der Waals surface area contributed by atoms with Crippen molar-refractivity contribution in [2.75, 3.05) is 37.1 Å². The summed E-state index contributed by atoms with van der Waals surface area (Å²) in [6, 6.07) is 7.98. The standard InChI is InChI=1S/C33H43N7O4S/c1-31(2,3)44-30(42)34-20-10-11-23-24(14-20)33(19-32(23,4)5)16-26-22(18-43-33)27(36-29(35-26)45-8)39-12-9-13-40-21(17-39)15-25(37-40)28(41)38(6)7/h10-11,14-15H,9,12-13,16-19H2,1-8H3,(H,34,42). The summed E-state index contributed by atoms with van der Waals surface area (Å²) in [5, 5.41) is 8.24. The monoisotopic (exact) mass is 633 g/mol. The van der Waals surface area contributed by atoms with Crippen molar-refractivity contribution in [1.82, 2.24) is 24.6 Å². The Morgan fingerprint density at radius 1 is 1.11 bits per heavy atom. The van der Waals surface area contributed by atoms with E-state index in [2.05, 4.69) is 35.2 Å². The van der Waals surface area contributed by atoms with Gasteiger partial charge in [-0.25, -0.2) is 14.8 Å². The summed E-state index contributed by atoms with van der Waals surface area (Å²) in [7, 11) is 3.48. The number of hydrogen-bond acceptors (Lipinski definition) is 9. The van der Waals surface area contributed by atoms with Gasteiger partial charge in [0, 0.05) is 44.9 Å². The molecular weight excluding hydrogens is 590 g/mol. The highest BCUT2D eigenvalue weighted by Gasteiger charge is 2.51. The Kier molecular flexibility index (Phi) is 7.88. The number of carbonyl (C=O) groups excluding carboxylic acids is 2. The summed E-state index contributed by atoms with van der Waals surface area (Å²) in [6.45, 7) is 12.5. The maximum absolute atomic E-state index is 12.6. The average Bonchev–Trinajstić information content (AvgIpc) is 3.36. The number of rotatable bonds is 4. The second-order valence-corrected chi connectivity index (χ2v) is 14.9. The average molecular weight is 634 g/mol. The molecule has 1 aliphatic carbocycles. The second-order valence-electron chi connectivity index (χ2n) is 14.1. The molecule has 1 aromatic carbocycles. The number of carbonyl (C=O) groups is 2. The number of nitrogens with one attached hydrogen (secondary N) is 1. The molecule has 1 spiro atoms. The molecule has 45 heavy (non-hydrogen) atoms. The number of nitrogens with zero attached hydrogens (tertiary/aromatic N) is 6. The van der Waals surface area contributed by atoms with Crippen LogP contribution in [-0.4, -0.2) is 69.1 Å². The molecule has 240 valence electrons. The van der Waals surface area contributed by atoms with Crippen molar-refractivity contribution >= 4 is 35.3 Å². The molecule has 4 heterocycles. The van der Waals surface area contributed by atoms with Crippen molar-refractivity contribution in [3.63, 3.8) is 0 Å². The van der Waals surface area contributed by atoms with E-state index < -0.39 is 17.3 Å². The normalized spacial score (nSPS) is 20.2. The lowest BCUT2D eigenvalue weighted by molar-refractivity contribution is -0.0802. The van der Waals surface area contributed by atoms with Crippen LogP contribution in [-0.2, 0) is 46.6 Å². The number of fused-ring (bicyclic) bond motifs is 4. The Morgan fingerprint density at radius 3 is 2.60 bits per heavy atom. The van der Waals surface area contributed by atoms with Crippen LogP contribution in [0.2, 0.25) is 0 Å². The lowest BCUT2D eigenvalue weighted by Crippen LogP contribution is -2.37. The van der Waals surface area contributed by atoms with Crippen LogP contribution in [0.25, 0.3) is 0 Å². The largest absolute Gasteiger partial charge is 0.444 e. The summed E-state index contributed by atoms with van der Waals surface area (Å²) >= 11 is 1.53. The van der Waals surface area contributed by atoms with Crippen molar-refractivity contribution in [3.05, 3.63) is 58.0 Å². The molecule has 1 unspecified atom stereocenters. The summed E-state index contributed by atoms with van der Waals surface area (Å²) in [5.74, 6) is 0.779. The highest BCUT2D eigenvalue weighted by atomic mass is 32.2. The highest BCUT2D eigenvalue weighted by Crippen LogP contribution is 2.54. The van der Waals surface area contributed by atoms with Crippen LogP contribution < -0.4 is 10.2 Å². The van der Waals surface area contributed by atoms with E-state index in [4.69, 9.17) is 19.4 Å². The minimum Gasteiger partial charge on any atom is -0.444 e. The van der Waals surface area contributed by atoms with Crippen LogP contribution in [0, 0.1) is 0 Å². The van der Waals surface area contributed by atoms with E-state index in [-0.39, 0.29) is 11.3 Å². The maximum Gasteiger partial charge on any atom is 0.412 e. The zero-order valence-corrected chi connectivity index (χ0v) is 28.3. The van der Waals surface area contributed by atoms with Gasteiger partial charge in [-0.2, -0.15) is 5.10 Å². The number of hydrogen-bond donors (Lipinski definition) is 1. The molecule has 12 heteroatoms. The Labute approximate surface area is 269 Å². The summed E-state index contributed by atoms with van der Waals surface area (Å²) < 4.78 is 14.4. The number of aromatic nitrogens is 4. The fourth-order valence-corrected chi connectivity index (χ4v) is 7.23. The molecule has 0 saturated carbocycles. The SMILES string of the molecule is CSc1nc2c(c(N3CCCn4nc(C(=O)N(C)C)cc4C3)n1)COC1(C2)CC(C)(C)c2ccc(NC(=O)OC(C)(C)C)cc21. The first-order chi connectivity index (χ1) is 21.2. The van der Waals surface area contributed by atoms with E-state index in [0.717, 1.165) is 59.4 Å². The summed E-state index contributed by atoms with van der Waals surface area (Å²) in [5.41, 5.74) is 5.11. The second kappa shape index (κ2) is 11.3. The first-order valence-electron chi connectivity index (χ1n) is 15.4. The molecule has 0 fully saturated rings. The summed E-state index contributed by atoms with van der Waals surface area (Å²) in [6.07, 6.45) is 3.79. The Bertz CT molecular complexity index is 1660. The fourth-order valence-electron chi connectivity index (χ4n) is 6.85. The lowest BCUT2D eigenvalue weighted by atomic mass is 9.82. The smallest absolute Gasteiger partial charge is 0.412 e. The first-order valence-corrected chi connectivity index (χ1v) is 16.7. The maximum atomic E-state index is 12.6. The molecule has 2 aliphatic heterocycles. The molecule has 1 atom stereocenters. The van der Waals surface area contributed by atoms with E-state index in [9.17, 15) is 9.59 Å². The fraction of sp³-hybridized carbons (Fsp3) is 0.545. The van der Waals surface area contributed by atoms with Crippen molar-refractivity contribution in [1.29, 1.82) is 0 Å². The third kappa shape index (κ3) is 6.02. The molecule has 1 N–H and O–H groups in total. The van der Waals surface area contributed by atoms with Gasteiger partial charge in [-0.05, 0) is 74.6 Å². The molecule has 3 aromatic rings. The van der Waals surface area contributed by atoms with Crippen LogP contribution in [0.3, 0.4) is 0 Å². The number of ether oxygens (including phenoxy) is 2. The van der Waals surface area contributed by atoms with E-state index >= 15 is 0 Å². The number of thioether (sulfide) groups is 1. The van der Waals surface area contributed by atoms with Crippen LogP contribution in [0.1, 0.15) is 86.0 Å². The highest BCUT2D eigenvalue weighted by molar-refractivity contribution is 7.98. The predicted molar refractivity (Wildman–Crippen MR) is 174 cm³/mol. The van der Waals surface area contributed by atoms with Gasteiger partial charge in [0.2, 0.25) is 0 Å². The lowest BCUT2D eigenvalue weighted by Gasteiger charge is -2.38. The molecule has 6 rings (SSSR count). The van der Waals surface area contributed by atoms with E-state index in [1.165, 1.54) is 17.3 Å². The Balaban J connectivity index is 1.33. The quantitative estimate of drug-likeness (QED) is 0.294. The Morgan fingerprint density at radius 2 is 1.89 bits per heavy atom. The van der Waals surface area contributed by atoms with Crippen LogP contribution in [0.5, 0.6) is 0 Å². The number of benzene rings is 1. The zero-order chi connectivity index (χ0) is 32.3. The molecule has 2 aromatic heterocycles. The predicted octanol–water partition coefficient (Wildman–Crippen LogP) is 5.50. The van der Waals surface area contributed by atoms with E-state index in [1.54, 1.807) is 19.0 Å². The van der Waals surface area contributed by atoms with Crippen LogP contribution in [0.15, 0.2) is 29.4 Å². The third-order valence-corrected chi connectivity index (χ3v) is 9.28. The molecular formula is C33H43N7O4S.